The van der Waals surface area contributed by atoms with Crippen LogP contribution in [0.25, 0.3) is 0 Å². The Balaban J connectivity index is 2.02. The van der Waals surface area contributed by atoms with E-state index in [2.05, 4.69) is 4.90 Å². The number of hydrogen-bond acceptors (Lipinski definition) is 3. The number of carbonyl (C=O) groups is 1. The Morgan fingerprint density at radius 1 is 1.12 bits per heavy atom. The molecule has 0 N–H and O–H groups in total. The molecule has 1 aliphatic heterocycles. The zero-order valence-electron chi connectivity index (χ0n) is 11.0. The summed E-state index contributed by atoms with van der Waals surface area (Å²) in [5, 5.41) is 0. The van der Waals surface area contributed by atoms with Gasteiger partial charge in [0.1, 0.15) is 0 Å². The molecule has 0 spiro atoms. The summed E-state index contributed by atoms with van der Waals surface area (Å²) >= 11 is 0. The number of likely N-dealkylation sites (tertiary alicyclic amines) is 1. The van der Waals surface area contributed by atoms with E-state index in [9.17, 15) is 4.79 Å². The van der Waals surface area contributed by atoms with Crippen molar-refractivity contribution in [2.45, 2.75) is 63.8 Å². The van der Waals surface area contributed by atoms with E-state index >= 15 is 0 Å². The largest absolute Gasteiger partial charge is 0.466 e. The fourth-order valence-electron chi connectivity index (χ4n) is 3.49. The average molecular weight is 239 g/mol. The van der Waals surface area contributed by atoms with Gasteiger partial charge in [0.25, 0.3) is 0 Å². The standard InChI is InChI=1S/C14H25NO2/c1-2-17-13(16)12-14(8-4-3-5-9-14)15-10-6-7-11-15/h2-12H2,1H3. The van der Waals surface area contributed by atoms with Crippen LogP contribution in [0.2, 0.25) is 0 Å². The van der Waals surface area contributed by atoms with E-state index in [1.807, 2.05) is 6.92 Å². The van der Waals surface area contributed by atoms with E-state index in [0.29, 0.717) is 13.0 Å². The second-order valence-corrected chi connectivity index (χ2v) is 5.46. The van der Waals surface area contributed by atoms with Crippen molar-refractivity contribution >= 4 is 5.97 Å². The number of ether oxygens (including phenoxy) is 1. The summed E-state index contributed by atoms with van der Waals surface area (Å²) in [6.45, 7) is 4.76. The van der Waals surface area contributed by atoms with Crippen molar-refractivity contribution in [1.82, 2.24) is 4.90 Å². The summed E-state index contributed by atoms with van der Waals surface area (Å²) in [7, 11) is 0. The molecule has 0 atom stereocenters. The highest BCUT2D eigenvalue weighted by Crippen LogP contribution is 2.38. The molecule has 0 aromatic heterocycles. The Kier molecular flexibility index (Phi) is 4.43. The monoisotopic (exact) mass is 239 g/mol. The second kappa shape index (κ2) is 5.85. The molecule has 3 heteroatoms. The molecule has 2 aliphatic rings. The number of carbonyl (C=O) groups excluding carboxylic acids is 1. The van der Waals surface area contributed by atoms with Crippen LogP contribution in [0.1, 0.15) is 58.3 Å². The van der Waals surface area contributed by atoms with E-state index in [1.165, 1.54) is 58.0 Å². The summed E-state index contributed by atoms with van der Waals surface area (Å²) in [6, 6.07) is 0. The molecule has 1 saturated heterocycles. The van der Waals surface area contributed by atoms with Crippen LogP contribution < -0.4 is 0 Å². The molecule has 0 bridgehead atoms. The lowest BCUT2D eigenvalue weighted by Gasteiger charge is -2.44. The summed E-state index contributed by atoms with van der Waals surface area (Å²) in [4.78, 5) is 14.4. The highest BCUT2D eigenvalue weighted by Gasteiger charge is 2.41. The summed E-state index contributed by atoms with van der Waals surface area (Å²) in [5.74, 6) is 0.00120. The third kappa shape index (κ3) is 3.01. The molecule has 0 aromatic rings. The Hall–Kier alpha value is -0.570. The third-order valence-corrected chi connectivity index (χ3v) is 4.34. The smallest absolute Gasteiger partial charge is 0.307 e. The number of hydrogen-bond donors (Lipinski definition) is 0. The van der Waals surface area contributed by atoms with Gasteiger partial charge in [0, 0.05) is 5.54 Å². The fourth-order valence-corrected chi connectivity index (χ4v) is 3.49. The fraction of sp³-hybridized carbons (Fsp3) is 0.929. The Morgan fingerprint density at radius 3 is 2.35 bits per heavy atom. The topological polar surface area (TPSA) is 29.5 Å². The predicted molar refractivity (Wildman–Crippen MR) is 67.9 cm³/mol. The maximum Gasteiger partial charge on any atom is 0.307 e. The minimum atomic E-state index is 0.00120. The SMILES string of the molecule is CCOC(=O)CC1(N2CCCC2)CCCCC1. The van der Waals surface area contributed by atoms with Crippen LogP contribution >= 0.6 is 0 Å². The van der Waals surface area contributed by atoms with E-state index in [0.717, 1.165) is 0 Å². The van der Waals surface area contributed by atoms with Crippen molar-refractivity contribution in [3.8, 4) is 0 Å². The van der Waals surface area contributed by atoms with Crippen molar-refractivity contribution in [1.29, 1.82) is 0 Å². The van der Waals surface area contributed by atoms with Crippen molar-refractivity contribution in [2.24, 2.45) is 0 Å². The van der Waals surface area contributed by atoms with Gasteiger partial charge >= 0.3 is 5.97 Å². The minimum Gasteiger partial charge on any atom is -0.466 e. The number of esters is 1. The Morgan fingerprint density at radius 2 is 1.76 bits per heavy atom. The second-order valence-electron chi connectivity index (χ2n) is 5.46. The van der Waals surface area contributed by atoms with Crippen molar-refractivity contribution < 1.29 is 9.53 Å². The zero-order chi connectivity index (χ0) is 12.1. The van der Waals surface area contributed by atoms with Crippen molar-refractivity contribution in [3.63, 3.8) is 0 Å². The molecule has 0 aromatic carbocycles. The molecular formula is C14H25NO2. The van der Waals surface area contributed by atoms with Gasteiger partial charge in [-0.25, -0.2) is 0 Å². The molecule has 1 aliphatic carbocycles. The highest BCUT2D eigenvalue weighted by atomic mass is 16.5. The van der Waals surface area contributed by atoms with Crippen LogP contribution in [0, 0.1) is 0 Å². The quantitative estimate of drug-likeness (QED) is 0.706. The molecular weight excluding hydrogens is 214 g/mol. The van der Waals surface area contributed by atoms with Crippen molar-refractivity contribution in [3.05, 3.63) is 0 Å². The van der Waals surface area contributed by atoms with E-state index < -0.39 is 0 Å². The van der Waals surface area contributed by atoms with E-state index in [-0.39, 0.29) is 11.5 Å². The molecule has 0 radical (unpaired) electrons. The van der Waals surface area contributed by atoms with Crippen LogP contribution in [0.5, 0.6) is 0 Å². The first-order chi connectivity index (χ1) is 8.27. The van der Waals surface area contributed by atoms with Gasteiger partial charge < -0.3 is 4.74 Å². The summed E-state index contributed by atoms with van der Waals surface area (Å²) < 4.78 is 5.16. The molecule has 0 unspecified atom stereocenters. The number of rotatable bonds is 4. The van der Waals surface area contributed by atoms with Gasteiger partial charge in [0.05, 0.1) is 13.0 Å². The van der Waals surface area contributed by atoms with Crippen LogP contribution in [-0.4, -0.2) is 36.1 Å². The molecule has 1 saturated carbocycles. The molecule has 0 amide bonds. The van der Waals surface area contributed by atoms with Crippen molar-refractivity contribution in [2.75, 3.05) is 19.7 Å². The van der Waals surface area contributed by atoms with Crippen LogP contribution in [0.3, 0.4) is 0 Å². The molecule has 2 fully saturated rings. The maximum atomic E-state index is 11.8. The average Bonchev–Trinajstić information content (AvgIpc) is 2.84. The van der Waals surface area contributed by atoms with Gasteiger partial charge in [0.15, 0.2) is 0 Å². The lowest BCUT2D eigenvalue weighted by atomic mass is 9.78. The first-order valence-electron chi connectivity index (χ1n) is 7.17. The lowest BCUT2D eigenvalue weighted by molar-refractivity contribution is -0.147. The first kappa shape index (κ1) is 12.9. The highest BCUT2D eigenvalue weighted by molar-refractivity contribution is 5.71. The van der Waals surface area contributed by atoms with Gasteiger partial charge in [-0.1, -0.05) is 19.3 Å². The van der Waals surface area contributed by atoms with Crippen LogP contribution in [-0.2, 0) is 9.53 Å². The van der Waals surface area contributed by atoms with Gasteiger partial charge in [0.2, 0.25) is 0 Å². The number of nitrogens with zero attached hydrogens (tertiary/aromatic N) is 1. The van der Waals surface area contributed by atoms with Gasteiger partial charge in [-0.2, -0.15) is 0 Å². The third-order valence-electron chi connectivity index (χ3n) is 4.34. The Bertz CT molecular complexity index is 253. The summed E-state index contributed by atoms with van der Waals surface area (Å²) in [6.07, 6.45) is 9.46. The maximum absolute atomic E-state index is 11.8. The minimum absolute atomic E-state index is 0.00120. The van der Waals surface area contributed by atoms with Gasteiger partial charge in [-0.15, -0.1) is 0 Å². The van der Waals surface area contributed by atoms with E-state index in [1.54, 1.807) is 0 Å². The molecule has 3 nitrogen and oxygen atoms in total. The lowest BCUT2D eigenvalue weighted by Crippen LogP contribution is -2.50. The molecule has 2 rings (SSSR count). The van der Waals surface area contributed by atoms with Crippen LogP contribution in [0.15, 0.2) is 0 Å². The summed E-state index contributed by atoms with van der Waals surface area (Å²) in [5.41, 5.74) is 0.140. The molecule has 1 heterocycles. The van der Waals surface area contributed by atoms with Crippen LogP contribution in [0.4, 0.5) is 0 Å². The molecule has 17 heavy (non-hydrogen) atoms. The Labute approximate surface area is 105 Å². The first-order valence-corrected chi connectivity index (χ1v) is 7.17. The molecule has 98 valence electrons. The normalized spacial score (nSPS) is 24.8. The predicted octanol–water partition coefficient (Wildman–Crippen LogP) is 2.74. The van der Waals surface area contributed by atoms with E-state index in [4.69, 9.17) is 4.74 Å². The zero-order valence-corrected chi connectivity index (χ0v) is 11.0. The van der Waals surface area contributed by atoms with Gasteiger partial charge in [-0.3, -0.25) is 9.69 Å². The van der Waals surface area contributed by atoms with Gasteiger partial charge in [-0.05, 0) is 45.7 Å².